The molecule has 0 radical (unpaired) electrons. The van der Waals surface area contributed by atoms with Crippen LogP contribution in [0.3, 0.4) is 0 Å². The van der Waals surface area contributed by atoms with Crippen molar-refractivity contribution in [1.82, 2.24) is 0 Å². The minimum absolute atomic E-state index is 0.233. The highest BCUT2D eigenvalue weighted by atomic mass is 79.9. The molecule has 5 heteroatoms. The summed E-state index contributed by atoms with van der Waals surface area (Å²) >= 11 is 9.17. The average Bonchev–Trinajstić information content (AvgIpc) is 2.30. The summed E-state index contributed by atoms with van der Waals surface area (Å²) in [7, 11) is 0. The molecular weight excluding hydrogens is 308 g/mol. The van der Waals surface area contributed by atoms with Gasteiger partial charge in [0.2, 0.25) is 0 Å². The normalized spacial score (nSPS) is 10.3. The number of nitrogens with two attached hydrogens (primary N) is 1. The lowest BCUT2D eigenvalue weighted by Gasteiger charge is -2.10. The molecule has 0 atom stereocenters. The van der Waals surface area contributed by atoms with Gasteiger partial charge in [0.05, 0.1) is 10.7 Å². The van der Waals surface area contributed by atoms with Gasteiger partial charge in [-0.1, -0.05) is 17.7 Å². The summed E-state index contributed by atoms with van der Waals surface area (Å²) in [6.07, 6.45) is 0. The zero-order valence-electron chi connectivity index (χ0n) is 8.58. The van der Waals surface area contributed by atoms with Gasteiger partial charge in [-0.25, -0.2) is 4.39 Å². The highest BCUT2D eigenvalue weighted by Crippen LogP contribution is 2.35. The molecule has 2 aromatic carbocycles. The van der Waals surface area contributed by atoms with E-state index in [1.807, 2.05) is 0 Å². The maximum absolute atomic E-state index is 13.1. The van der Waals surface area contributed by atoms with E-state index < -0.39 is 5.82 Å². The third kappa shape index (κ3) is 2.70. The van der Waals surface area contributed by atoms with Gasteiger partial charge in [-0.3, -0.25) is 0 Å². The highest BCUT2D eigenvalue weighted by Gasteiger charge is 2.08. The number of para-hydroxylation sites is 1. The number of halogens is 3. The smallest absolute Gasteiger partial charge is 0.151 e. The molecule has 2 nitrogen and oxygen atoms in total. The average molecular weight is 317 g/mol. The van der Waals surface area contributed by atoms with E-state index in [0.717, 1.165) is 0 Å². The van der Waals surface area contributed by atoms with Crippen molar-refractivity contribution in [3.8, 4) is 11.5 Å². The molecule has 0 aromatic heterocycles. The molecule has 2 N–H and O–H groups in total. The molecule has 88 valence electrons. The predicted octanol–water partition coefficient (Wildman–Crippen LogP) is 4.62. The molecular formula is C12H8BrClFNO. The first-order chi connectivity index (χ1) is 8.08. The number of benzene rings is 2. The van der Waals surface area contributed by atoms with E-state index in [-0.39, 0.29) is 5.75 Å². The van der Waals surface area contributed by atoms with Gasteiger partial charge in [0.25, 0.3) is 0 Å². The number of hydrogen-bond donors (Lipinski definition) is 1. The van der Waals surface area contributed by atoms with Gasteiger partial charge in [-0.2, -0.15) is 0 Å². The van der Waals surface area contributed by atoms with E-state index in [9.17, 15) is 4.39 Å². The van der Waals surface area contributed by atoms with Crippen LogP contribution in [0.1, 0.15) is 0 Å². The summed E-state index contributed by atoms with van der Waals surface area (Å²) < 4.78 is 19.2. The molecule has 2 rings (SSSR count). The Morgan fingerprint density at radius 2 is 1.94 bits per heavy atom. The van der Waals surface area contributed by atoms with Crippen LogP contribution in [0.25, 0.3) is 0 Å². The van der Waals surface area contributed by atoms with Crippen LogP contribution < -0.4 is 10.5 Å². The third-order valence-electron chi connectivity index (χ3n) is 2.13. The summed E-state index contributed by atoms with van der Waals surface area (Å²) in [5.41, 5.74) is 6.25. The fraction of sp³-hybridized carbons (Fsp3) is 0. The van der Waals surface area contributed by atoms with Gasteiger partial charge >= 0.3 is 0 Å². The fourth-order valence-corrected chi connectivity index (χ4v) is 1.78. The van der Waals surface area contributed by atoms with Gasteiger partial charge in [0.1, 0.15) is 11.6 Å². The number of rotatable bonds is 2. The Labute approximate surface area is 111 Å². The van der Waals surface area contributed by atoms with Gasteiger partial charge < -0.3 is 10.5 Å². The van der Waals surface area contributed by atoms with Crippen molar-refractivity contribution in [2.75, 3.05) is 5.73 Å². The van der Waals surface area contributed by atoms with E-state index in [4.69, 9.17) is 22.1 Å². The van der Waals surface area contributed by atoms with E-state index >= 15 is 0 Å². The van der Waals surface area contributed by atoms with Gasteiger partial charge in [0, 0.05) is 10.5 Å². The minimum Gasteiger partial charge on any atom is -0.453 e. The Morgan fingerprint density at radius 3 is 2.71 bits per heavy atom. The maximum Gasteiger partial charge on any atom is 0.151 e. The SMILES string of the molecule is Nc1c(Br)cccc1Oc1cc(F)ccc1Cl. The van der Waals surface area contributed by atoms with Crippen molar-refractivity contribution in [3.05, 3.63) is 51.7 Å². The molecule has 0 amide bonds. The number of anilines is 1. The summed E-state index contributed by atoms with van der Waals surface area (Å²) in [6.45, 7) is 0. The van der Waals surface area contributed by atoms with E-state index in [0.29, 0.717) is 20.9 Å². The van der Waals surface area contributed by atoms with Gasteiger partial charge in [-0.05, 0) is 40.2 Å². The van der Waals surface area contributed by atoms with Crippen LogP contribution in [0.4, 0.5) is 10.1 Å². The van der Waals surface area contributed by atoms with Crippen LogP contribution in [-0.2, 0) is 0 Å². The van der Waals surface area contributed by atoms with Crippen LogP contribution in [0.2, 0.25) is 5.02 Å². The minimum atomic E-state index is -0.419. The first-order valence-corrected chi connectivity index (χ1v) is 5.92. The van der Waals surface area contributed by atoms with Crippen molar-refractivity contribution in [2.45, 2.75) is 0 Å². The Balaban J connectivity index is 2.38. The molecule has 0 unspecified atom stereocenters. The summed E-state index contributed by atoms with van der Waals surface area (Å²) in [5.74, 6) is 0.237. The zero-order valence-corrected chi connectivity index (χ0v) is 10.9. The molecule has 17 heavy (non-hydrogen) atoms. The van der Waals surface area contributed by atoms with Crippen molar-refractivity contribution < 1.29 is 9.13 Å². The molecule has 0 saturated heterocycles. The van der Waals surface area contributed by atoms with Crippen molar-refractivity contribution in [2.24, 2.45) is 0 Å². The van der Waals surface area contributed by atoms with Crippen LogP contribution in [0.5, 0.6) is 11.5 Å². The third-order valence-corrected chi connectivity index (χ3v) is 3.13. The monoisotopic (exact) mass is 315 g/mol. The highest BCUT2D eigenvalue weighted by molar-refractivity contribution is 9.10. The van der Waals surface area contributed by atoms with E-state index in [2.05, 4.69) is 15.9 Å². The second-order valence-corrected chi connectivity index (χ2v) is 4.59. The number of nitrogen functional groups attached to an aromatic ring is 1. The molecule has 2 aromatic rings. The molecule has 0 aliphatic carbocycles. The predicted molar refractivity (Wildman–Crippen MR) is 70.0 cm³/mol. The maximum atomic E-state index is 13.1. The Morgan fingerprint density at radius 1 is 1.18 bits per heavy atom. The number of ether oxygens (including phenoxy) is 1. The van der Waals surface area contributed by atoms with Gasteiger partial charge in [-0.15, -0.1) is 0 Å². The van der Waals surface area contributed by atoms with Crippen LogP contribution in [0.15, 0.2) is 40.9 Å². The lowest BCUT2D eigenvalue weighted by atomic mass is 10.3. The second-order valence-electron chi connectivity index (χ2n) is 3.33. The Hall–Kier alpha value is -1.26. The largest absolute Gasteiger partial charge is 0.453 e. The standard InChI is InChI=1S/C12H8BrClFNO/c13-8-2-1-3-10(12(8)16)17-11-6-7(15)4-5-9(11)14/h1-6H,16H2. The molecule has 0 heterocycles. The molecule has 0 bridgehead atoms. The molecule has 0 fully saturated rings. The van der Waals surface area contributed by atoms with Gasteiger partial charge in [0.15, 0.2) is 5.75 Å². The second kappa shape index (κ2) is 4.94. The lowest BCUT2D eigenvalue weighted by Crippen LogP contribution is -1.93. The topological polar surface area (TPSA) is 35.2 Å². The zero-order chi connectivity index (χ0) is 12.4. The Bertz CT molecular complexity index is 562. The molecule has 0 aliphatic rings. The van der Waals surface area contributed by atoms with E-state index in [1.54, 1.807) is 18.2 Å². The summed E-state index contributed by atoms with van der Waals surface area (Å²) in [5, 5.41) is 0.325. The molecule has 0 spiro atoms. The summed E-state index contributed by atoms with van der Waals surface area (Å²) in [6, 6.07) is 9.14. The lowest BCUT2D eigenvalue weighted by molar-refractivity contribution is 0.479. The Kier molecular flexibility index (Phi) is 3.54. The number of hydrogen-bond acceptors (Lipinski definition) is 2. The van der Waals surface area contributed by atoms with Crippen molar-refractivity contribution in [1.29, 1.82) is 0 Å². The van der Waals surface area contributed by atoms with Crippen molar-refractivity contribution in [3.63, 3.8) is 0 Å². The summed E-state index contributed by atoms with van der Waals surface area (Å²) in [4.78, 5) is 0. The molecule has 0 aliphatic heterocycles. The van der Waals surface area contributed by atoms with E-state index in [1.165, 1.54) is 18.2 Å². The fourth-order valence-electron chi connectivity index (χ4n) is 1.28. The first kappa shape index (κ1) is 12.2. The quantitative estimate of drug-likeness (QED) is 0.821. The molecule has 0 saturated carbocycles. The van der Waals surface area contributed by atoms with Crippen LogP contribution in [0, 0.1) is 5.82 Å². The van der Waals surface area contributed by atoms with Crippen LogP contribution in [-0.4, -0.2) is 0 Å². The first-order valence-electron chi connectivity index (χ1n) is 4.75. The van der Waals surface area contributed by atoms with Crippen LogP contribution >= 0.6 is 27.5 Å². The van der Waals surface area contributed by atoms with Crippen molar-refractivity contribution >= 4 is 33.2 Å².